The number of ether oxygens (including phenoxy) is 1. The maximum absolute atomic E-state index is 12.3. The van der Waals surface area contributed by atoms with Crippen LogP contribution < -0.4 is 10.3 Å². The number of hydrogen-bond donors (Lipinski definition) is 0. The summed E-state index contributed by atoms with van der Waals surface area (Å²) >= 11 is 1.52. The van der Waals surface area contributed by atoms with Gasteiger partial charge in [0.2, 0.25) is 5.88 Å². The zero-order valence-electron chi connectivity index (χ0n) is 10.6. The van der Waals surface area contributed by atoms with Gasteiger partial charge < -0.3 is 4.74 Å². The van der Waals surface area contributed by atoms with Crippen LogP contribution >= 0.6 is 11.8 Å². The molecule has 0 N–H and O–H groups in total. The van der Waals surface area contributed by atoms with Crippen molar-refractivity contribution in [1.29, 1.82) is 0 Å². The Balaban J connectivity index is 2.45. The second-order valence-corrected chi connectivity index (χ2v) is 5.24. The van der Waals surface area contributed by atoms with E-state index >= 15 is 0 Å². The fraction of sp³-hybridized carbons (Fsp3) is 0.583. The van der Waals surface area contributed by atoms with Crippen LogP contribution in [0.5, 0.6) is 5.88 Å². The first-order chi connectivity index (χ1) is 8.63. The van der Waals surface area contributed by atoms with E-state index in [0.29, 0.717) is 23.7 Å². The van der Waals surface area contributed by atoms with E-state index in [0.717, 1.165) is 18.6 Å². The highest BCUT2D eigenvalue weighted by atomic mass is 32.2. The van der Waals surface area contributed by atoms with Crippen LogP contribution in [0.1, 0.15) is 32.3 Å². The first kappa shape index (κ1) is 13.1. The lowest BCUT2D eigenvalue weighted by atomic mass is 10.1. The molecule has 1 aromatic rings. The molecule has 2 rings (SSSR count). The molecule has 0 fully saturated rings. The topological polar surface area (TPSA) is 61.2 Å². The lowest BCUT2D eigenvalue weighted by molar-refractivity contribution is -0.132. The van der Waals surface area contributed by atoms with E-state index in [1.165, 1.54) is 18.7 Å². The van der Waals surface area contributed by atoms with Crippen LogP contribution in [0.15, 0.2) is 9.95 Å². The number of rotatable bonds is 4. The molecule has 6 heteroatoms. The molecule has 0 spiro atoms. The Kier molecular flexibility index (Phi) is 4.06. The molecule has 2 heterocycles. The van der Waals surface area contributed by atoms with E-state index in [2.05, 4.69) is 11.9 Å². The van der Waals surface area contributed by atoms with Gasteiger partial charge >= 0.3 is 5.97 Å². The molecular weight excluding hydrogens is 252 g/mol. The molecule has 1 aliphatic heterocycles. The number of unbranched alkanes of at least 4 members (excludes halogenated alkanes) is 1. The highest BCUT2D eigenvalue weighted by Gasteiger charge is 2.22. The normalized spacial score (nSPS) is 13.4. The van der Waals surface area contributed by atoms with Crippen LogP contribution in [-0.2, 0) is 17.8 Å². The van der Waals surface area contributed by atoms with Gasteiger partial charge in [-0.3, -0.25) is 14.2 Å². The molecule has 98 valence electrons. The summed E-state index contributed by atoms with van der Waals surface area (Å²) in [7, 11) is 0. The fourth-order valence-corrected chi connectivity index (χ4v) is 2.81. The Morgan fingerprint density at radius 3 is 3.00 bits per heavy atom. The molecule has 0 amide bonds. The van der Waals surface area contributed by atoms with Gasteiger partial charge in [-0.05, 0) is 12.8 Å². The average Bonchev–Trinajstić information content (AvgIpc) is 2.76. The summed E-state index contributed by atoms with van der Waals surface area (Å²) in [6.45, 7) is 4.06. The number of hydrogen-bond acceptors (Lipinski definition) is 5. The Bertz CT molecular complexity index is 525. The number of thioether (sulfide) groups is 1. The van der Waals surface area contributed by atoms with Gasteiger partial charge in [0.1, 0.15) is 0 Å². The Morgan fingerprint density at radius 1 is 1.56 bits per heavy atom. The molecule has 0 bridgehead atoms. The quantitative estimate of drug-likeness (QED) is 0.613. The molecule has 0 aliphatic carbocycles. The van der Waals surface area contributed by atoms with Gasteiger partial charge in [-0.1, -0.05) is 25.1 Å². The zero-order chi connectivity index (χ0) is 13.1. The van der Waals surface area contributed by atoms with E-state index in [9.17, 15) is 9.59 Å². The second kappa shape index (κ2) is 5.56. The predicted molar refractivity (Wildman–Crippen MR) is 69.1 cm³/mol. The highest BCUT2D eigenvalue weighted by Crippen LogP contribution is 2.25. The third-order valence-corrected chi connectivity index (χ3v) is 3.71. The van der Waals surface area contributed by atoms with Crippen molar-refractivity contribution in [3.05, 3.63) is 15.9 Å². The molecule has 1 aromatic heterocycles. The third kappa shape index (κ3) is 2.58. The van der Waals surface area contributed by atoms with Gasteiger partial charge in [0.05, 0.1) is 5.56 Å². The van der Waals surface area contributed by atoms with Gasteiger partial charge in [-0.2, -0.15) is 4.98 Å². The maximum Gasteiger partial charge on any atom is 0.309 e. The van der Waals surface area contributed by atoms with Crippen molar-refractivity contribution < 1.29 is 9.53 Å². The van der Waals surface area contributed by atoms with Crippen molar-refractivity contribution in [3.63, 3.8) is 0 Å². The smallest absolute Gasteiger partial charge is 0.309 e. The summed E-state index contributed by atoms with van der Waals surface area (Å²) < 4.78 is 6.74. The van der Waals surface area contributed by atoms with E-state index in [4.69, 9.17) is 4.74 Å². The van der Waals surface area contributed by atoms with Crippen molar-refractivity contribution in [2.75, 3.05) is 5.75 Å². The summed E-state index contributed by atoms with van der Waals surface area (Å²) in [6.07, 6.45) is 2.48. The summed E-state index contributed by atoms with van der Waals surface area (Å²) in [5.41, 5.74) is 0.466. The van der Waals surface area contributed by atoms with Crippen molar-refractivity contribution in [1.82, 2.24) is 9.55 Å². The predicted octanol–water partition coefficient (Wildman–Crippen LogP) is 1.62. The summed E-state index contributed by atoms with van der Waals surface area (Å²) in [5.74, 6) is 0.605. The molecule has 0 aromatic carbocycles. The number of carbonyl (C=O) groups excluding carboxylic acids is 1. The maximum atomic E-state index is 12.3. The van der Waals surface area contributed by atoms with E-state index < -0.39 is 5.97 Å². The number of fused-ring (bicyclic) bond motifs is 1. The number of aromatic nitrogens is 2. The van der Waals surface area contributed by atoms with Crippen molar-refractivity contribution in [3.8, 4) is 5.88 Å². The highest BCUT2D eigenvalue weighted by molar-refractivity contribution is 7.99. The van der Waals surface area contributed by atoms with Gasteiger partial charge in [0.25, 0.3) is 5.56 Å². The Labute approximate surface area is 110 Å². The molecular formula is C12H16N2O3S. The average molecular weight is 268 g/mol. The van der Waals surface area contributed by atoms with Crippen molar-refractivity contribution in [2.24, 2.45) is 0 Å². The van der Waals surface area contributed by atoms with Crippen molar-refractivity contribution in [2.45, 2.75) is 44.8 Å². The molecule has 5 nitrogen and oxygen atoms in total. The third-order valence-electron chi connectivity index (χ3n) is 2.76. The standard InChI is InChI=1S/C12H16N2O3S/c1-3-4-5-9-10(17-8(2)15)13-12-14(11(9)16)6-7-18-12/h3-7H2,1-2H3. The van der Waals surface area contributed by atoms with Crippen LogP contribution in [0.3, 0.4) is 0 Å². The molecule has 1 aliphatic rings. The first-order valence-corrected chi connectivity index (χ1v) is 7.07. The van der Waals surface area contributed by atoms with E-state index in [-0.39, 0.29) is 11.4 Å². The van der Waals surface area contributed by atoms with Crippen LogP contribution in [0.25, 0.3) is 0 Å². The van der Waals surface area contributed by atoms with E-state index in [1.807, 2.05) is 0 Å². The Morgan fingerprint density at radius 2 is 2.33 bits per heavy atom. The minimum Gasteiger partial charge on any atom is -0.407 e. The largest absolute Gasteiger partial charge is 0.407 e. The number of esters is 1. The number of carbonyl (C=O) groups is 1. The molecule has 0 saturated carbocycles. The summed E-state index contributed by atoms with van der Waals surface area (Å²) in [6, 6.07) is 0. The van der Waals surface area contributed by atoms with Crippen LogP contribution in [0, 0.1) is 0 Å². The van der Waals surface area contributed by atoms with E-state index in [1.54, 1.807) is 4.57 Å². The monoisotopic (exact) mass is 268 g/mol. The minimum absolute atomic E-state index is 0.0605. The molecule has 18 heavy (non-hydrogen) atoms. The SMILES string of the molecule is CCCCc1c(OC(C)=O)nc2n(c1=O)CCS2. The number of nitrogens with zero attached hydrogens (tertiary/aromatic N) is 2. The van der Waals surface area contributed by atoms with Crippen LogP contribution in [-0.4, -0.2) is 21.3 Å². The van der Waals surface area contributed by atoms with Gasteiger partial charge in [-0.15, -0.1) is 0 Å². The van der Waals surface area contributed by atoms with Gasteiger partial charge in [-0.25, -0.2) is 0 Å². The molecule has 0 unspecified atom stereocenters. The molecule has 0 atom stereocenters. The fourth-order valence-electron chi connectivity index (χ4n) is 1.88. The molecule has 0 saturated heterocycles. The summed E-state index contributed by atoms with van der Waals surface area (Å²) in [5, 5.41) is 0.650. The first-order valence-electron chi connectivity index (χ1n) is 6.08. The van der Waals surface area contributed by atoms with Crippen LogP contribution in [0.2, 0.25) is 0 Å². The van der Waals surface area contributed by atoms with Gasteiger partial charge in [0.15, 0.2) is 5.16 Å². The molecule has 0 radical (unpaired) electrons. The second-order valence-electron chi connectivity index (χ2n) is 4.18. The van der Waals surface area contributed by atoms with Crippen LogP contribution in [0.4, 0.5) is 0 Å². The summed E-state index contributed by atoms with van der Waals surface area (Å²) in [4.78, 5) is 27.7. The lowest BCUT2D eigenvalue weighted by Crippen LogP contribution is -2.26. The lowest BCUT2D eigenvalue weighted by Gasteiger charge is -2.10. The zero-order valence-corrected chi connectivity index (χ0v) is 11.4. The van der Waals surface area contributed by atoms with Gasteiger partial charge in [0, 0.05) is 19.2 Å². The minimum atomic E-state index is -0.437. The van der Waals surface area contributed by atoms with Crippen molar-refractivity contribution >= 4 is 17.7 Å². The Hall–Kier alpha value is -1.30.